The molecule has 2 aromatic heterocycles. The summed E-state index contributed by atoms with van der Waals surface area (Å²) in [6.45, 7) is 3.67. The lowest BCUT2D eigenvalue weighted by molar-refractivity contribution is 0.0934. The van der Waals surface area contributed by atoms with Gasteiger partial charge in [-0.2, -0.15) is 0 Å². The number of aromatic nitrogens is 4. The number of nitrogens with zero attached hydrogens (tertiary/aromatic N) is 4. The van der Waals surface area contributed by atoms with E-state index >= 15 is 0 Å². The van der Waals surface area contributed by atoms with Gasteiger partial charge in [-0.1, -0.05) is 5.21 Å². The molecule has 1 aliphatic heterocycles. The highest BCUT2D eigenvalue weighted by molar-refractivity contribution is 5.92. The van der Waals surface area contributed by atoms with Crippen LogP contribution >= 0.6 is 0 Å². The number of hydrogen-bond donors (Lipinski definition) is 2. The van der Waals surface area contributed by atoms with Gasteiger partial charge >= 0.3 is 0 Å². The summed E-state index contributed by atoms with van der Waals surface area (Å²) in [5.41, 5.74) is 1.35. The Kier molecular flexibility index (Phi) is 3.42. The molecule has 0 aliphatic carbocycles. The monoisotopic (exact) mass is 272 g/mol. The zero-order valence-corrected chi connectivity index (χ0v) is 11.2. The molecule has 7 nitrogen and oxygen atoms in total. The molecule has 3 rings (SSSR count). The van der Waals surface area contributed by atoms with Crippen LogP contribution < -0.4 is 10.6 Å². The van der Waals surface area contributed by atoms with Crippen LogP contribution in [0.4, 0.5) is 0 Å². The Balaban J connectivity index is 1.65. The van der Waals surface area contributed by atoms with E-state index in [0.717, 1.165) is 18.7 Å². The van der Waals surface area contributed by atoms with Crippen LogP contribution in [0.2, 0.25) is 0 Å². The van der Waals surface area contributed by atoms with Gasteiger partial charge in [0, 0.05) is 25.5 Å². The molecule has 3 heterocycles. The fourth-order valence-corrected chi connectivity index (χ4v) is 2.03. The van der Waals surface area contributed by atoms with Crippen molar-refractivity contribution in [2.24, 2.45) is 0 Å². The summed E-state index contributed by atoms with van der Waals surface area (Å²) in [6.07, 6.45) is 5.11. The maximum Gasteiger partial charge on any atom is 0.273 e. The highest BCUT2D eigenvalue weighted by Crippen LogP contribution is 2.12. The van der Waals surface area contributed by atoms with E-state index in [1.54, 1.807) is 23.3 Å². The molecule has 0 bridgehead atoms. The Morgan fingerprint density at radius 3 is 2.85 bits per heavy atom. The van der Waals surface area contributed by atoms with E-state index in [2.05, 4.69) is 25.9 Å². The molecule has 20 heavy (non-hydrogen) atoms. The third-order valence-electron chi connectivity index (χ3n) is 3.43. The van der Waals surface area contributed by atoms with Crippen molar-refractivity contribution in [3.63, 3.8) is 0 Å². The van der Waals surface area contributed by atoms with Crippen molar-refractivity contribution in [3.8, 4) is 0 Å². The van der Waals surface area contributed by atoms with Crippen molar-refractivity contribution in [2.75, 3.05) is 13.1 Å². The van der Waals surface area contributed by atoms with Crippen LogP contribution in [0.5, 0.6) is 0 Å². The Labute approximate surface area is 116 Å². The Bertz CT molecular complexity index is 592. The largest absolute Gasteiger partial charge is 0.344 e. The molecule has 2 aromatic rings. The summed E-state index contributed by atoms with van der Waals surface area (Å²) in [5.74, 6) is -0.215. The van der Waals surface area contributed by atoms with Gasteiger partial charge in [-0.25, -0.2) is 4.68 Å². The Hall–Kier alpha value is -2.28. The molecule has 0 radical (unpaired) electrons. The van der Waals surface area contributed by atoms with Crippen LogP contribution in [0.3, 0.4) is 0 Å². The average Bonchev–Trinajstić information content (AvgIpc) is 2.87. The second kappa shape index (κ2) is 5.38. The SMILES string of the molecule is C[C@@H](NC(=O)c1cn(C2CNC2)nn1)c1ccncc1. The standard InChI is InChI=1S/C13H16N6O/c1-9(10-2-4-14-5-3-10)16-13(20)12-8-19(18-17-12)11-6-15-7-11/h2-5,8-9,11,15H,6-7H2,1H3,(H,16,20)/t9-/m1/s1. The number of rotatable bonds is 4. The first kappa shape index (κ1) is 12.7. The smallest absolute Gasteiger partial charge is 0.273 e. The molecule has 0 aromatic carbocycles. The maximum atomic E-state index is 12.1. The molecule has 1 fully saturated rings. The molecule has 0 spiro atoms. The number of amides is 1. The Morgan fingerprint density at radius 2 is 2.20 bits per heavy atom. The van der Waals surface area contributed by atoms with Gasteiger partial charge in [0.25, 0.3) is 5.91 Å². The first-order chi connectivity index (χ1) is 9.74. The maximum absolute atomic E-state index is 12.1. The van der Waals surface area contributed by atoms with Crippen LogP contribution in [0.15, 0.2) is 30.7 Å². The van der Waals surface area contributed by atoms with Crippen LogP contribution in [0, 0.1) is 0 Å². The van der Waals surface area contributed by atoms with Gasteiger partial charge in [0.15, 0.2) is 5.69 Å². The number of pyridine rings is 1. The first-order valence-corrected chi connectivity index (χ1v) is 6.57. The van der Waals surface area contributed by atoms with E-state index < -0.39 is 0 Å². The van der Waals surface area contributed by atoms with E-state index in [1.807, 2.05) is 19.1 Å². The summed E-state index contributed by atoms with van der Waals surface area (Å²) in [7, 11) is 0. The molecular weight excluding hydrogens is 256 g/mol. The van der Waals surface area contributed by atoms with E-state index in [9.17, 15) is 4.79 Å². The minimum atomic E-state index is -0.215. The van der Waals surface area contributed by atoms with E-state index in [0.29, 0.717) is 11.7 Å². The molecule has 0 unspecified atom stereocenters. The number of hydrogen-bond acceptors (Lipinski definition) is 5. The van der Waals surface area contributed by atoms with Gasteiger partial charge in [-0.3, -0.25) is 9.78 Å². The second-order valence-electron chi connectivity index (χ2n) is 4.87. The zero-order valence-electron chi connectivity index (χ0n) is 11.2. The lowest BCUT2D eigenvalue weighted by Crippen LogP contribution is -2.43. The Morgan fingerprint density at radius 1 is 1.45 bits per heavy atom. The predicted octanol–water partition coefficient (Wildman–Crippen LogP) is 0.308. The third-order valence-corrected chi connectivity index (χ3v) is 3.43. The van der Waals surface area contributed by atoms with Gasteiger partial charge in [-0.05, 0) is 24.6 Å². The summed E-state index contributed by atoms with van der Waals surface area (Å²) >= 11 is 0. The fraction of sp³-hybridized carbons (Fsp3) is 0.385. The van der Waals surface area contributed by atoms with E-state index in [1.165, 1.54) is 0 Å². The van der Waals surface area contributed by atoms with Crippen LogP contribution in [0.1, 0.15) is 35.1 Å². The summed E-state index contributed by atoms with van der Waals surface area (Å²) in [4.78, 5) is 16.1. The van der Waals surface area contributed by atoms with Gasteiger partial charge in [0.2, 0.25) is 0 Å². The second-order valence-corrected chi connectivity index (χ2v) is 4.87. The molecule has 1 saturated heterocycles. The third kappa shape index (κ3) is 2.53. The van der Waals surface area contributed by atoms with Crippen LogP contribution in [-0.2, 0) is 0 Å². The summed E-state index contributed by atoms with van der Waals surface area (Å²) in [5, 5.41) is 14.0. The van der Waals surface area contributed by atoms with Crippen molar-refractivity contribution < 1.29 is 4.79 Å². The minimum absolute atomic E-state index is 0.0963. The number of carbonyl (C=O) groups excluding carboxylic acids is 1. The lowest BCUT2D eigenvalue weighted by atomic mass is 10.1. The van der Waals surface area contributed by atoms with E-state index in [-0.39, 0.29) is 11.9 Å². The summed E-state index contributed by atoms with van der Waals surface area (Å²) < 4.78 is 1.74. The molecule has 2 N–H and O–H groups in total. The van der Waals surface area contributed by atoms with Crippen LogP contribution in [-0.4, -0.2) is 39.0 Å². The molecule has 1 atom stereocenters. The van der Waals surface area contributed by atoms with Crippen molar-refractivity contribution in [2.45, 2.75) is 19.0 Å². The average molecular weight is 272 g/mol. The number of carbonyl (C=O) groups is 1. The van der Waals surface area contributed by atoms with Crippen molar-refractivity contribution in [1.82, 2.24) is 30.6 Å². The highest BCUT2D eigenvalue weighted by Gasteiger charge is 2.22. The molecule has 7 heteroatoms. The number of nitrogens with one attached hydrogen (secondary N) is 2. The van der Waals surface area contributed by atoms with Crippen LogP contribution in [0.25, 0.3) is 0 Å². The van der Waals surface area contributed by atoms with Gasteiger partial charge in [0.05, 0.1) is 18.3 Å². The van der Waals surface area contributed by atoms with Gasteiger partial charge in [0.1, 0.15) is 0 Å². The zero-order chi connectivity index (χ0) is 13.9. The van der Waals surface area contributed by atoms with Crippen molar-refractivity contribution in [1.29, 1.82) is 0 Å². The predicted molar refractivity (Wildman–Crippen MR) is 72.0 cm³/mol. The molecule has 0 saturated carbocycles. The van der Waals surface area contributed by atoms with Gasteiger partial charge in [-0.15, -0.1) is 5.10 Å². The van der Waals surface area contributed by atoms with Crippen molar-refractivity contribution >= 4 is 5.91 Å². The lowest BCUT2D eigenvalue weighted by Gasteiger charge is -2.26. The highest BCUT2D eigenvalue weighted by atomic mass is 16.2. The molecule has 1 amide bonds. The molecule has 1 aliphatic rings. The fourth-order valence-electron chi connectivity index (χ4n) is 2.03. The first-order valence-electron chi connectivity index (χ1n) is 6.57. The minimum Gasteiger partial charge on any atom is -0.344 e. The quantitative estimate of drug-likeness (QED) is 0.836. The molecular formula is C13H16N6O. The molecule has 104 valence electrons. The van der Waals surface area contributed by atoms with Gasteiger partial charge < -0.3 is 10.6 Å². The van der Waals surface area contributed by atoms with E-state index in [4.69, 9.17) is 0 Å². The normalized spacial score (nSPS) is 16.4. The topological polar surface area (TPSA) is 84.7 Å². The van der Waals surface area contributed by atoms with Crippen molar-refractivity contribution in [3.05, 3.63) is 42.0 Å². The summed E-state index contributed by atoms with van der Waals surface area (Å²) in [6, 6.07) is 3.96.